The van der Waals surface area contributed by atoms with Gasteiger partial charge in [0.1, 0.15) is 5.75 Å². The summed E-state index contributed by atoms with van der Waals surface area (Å²) in [6.45, 7) is 2.58. The minimum absolute atomic E-state index is 0.0439. The van der Waals surface area contributed by atoms with E-state index < -0.39 is 18.7 Å². The van der Waals surface area contributed by atoms with Crippen molar-refractivity contribution in [2.45, 2.75) is 26.6 Å². The molecule has 0 unspecified atom stereocenters. The number of benzene rings is 2. The van der Waals surface area contributed by atoms with Crippen LogP contribution in [0.15, 0.2) is 42.5 Å². The highest BCUT2D eigenvalue weighted by Gasteiger charge is 2.28. The van der Waals surface area contributed by atoms with Gasteiger partial charge in [-0.25, -0.2) is 0 Å². The second-order valence-corrected chi connectivity index (χ2v) is 7.28. The van der Waals surface area contributed by atoms with Crippen LogP contribution in [0.1, 0.15) is 27.3 Å². The van der Waals surface area contributed by atoms with Crippen LogP contribution in [-0.4, -0.2) is 42.7 Å². The van der Waals surface area contributed by atoms with Crippen molar-refractivity contribution in [3.05, 3.63) is 65.0 Å². The lowest BCUT2D eigenvalue weighted by Crippen LogP contribution is -2.19. The highest BCUT2D eigenvalue weighted by atomic mass is 19.4. The topological polar surface area (TPSA) is 74.6 Å². The van der Waals surface area contributed by atoms with Gasteiger partial charge in [0.25, 0.3) is 5.91 Å². The molecule has 0 atom stereocenters. The second-order valence-electron chi connectivity index (χ2n) is 7.28. The lowest BCUT2D eigenvalue weighted by atomic mass is 10.2. The second kappa shape index (κ2) is 9.85. The van der Waals surface area contributed by atoms with Gasteiger partial charge in [-0.2, -0.15) is 18.3 Å². The first-order valence-corrected chi connectivity index (χ1v) is 9.97. The molecule has 0 radical (unpaired) electrons. The Morgan fingerprint density at radius 1 is 1.06 bits per heavy atom. The number of ether oxygens (including phenoxy) is 3. The Balaban J connectivity index is 1.76. The maximum absolute atomic E-state index is 12.7. The van der Waals surface area contributed by atoms with Crippen molar-refractivity contribution < 1.29 is 32.2 Å². The number of alkyl halides is 3. The Hall–Kier alpha value is -3.69. The predicted molar refractivity (Wildman–Crippen MR) is 116 cm³/mol. The van der Waals surface area contributed by atoms with Crippen LogP contribution >= 0.6 is 0 Å². The van der Waals surface area contributed by atoms with Gasteiger partial charge >= 0.3 is 6.18 Å². The van der Waals surface area contributed by atoms with Crippen molar-refractivity contribution in [3.8, 4) is 17.2 Å². The third kappa shape index (κ3) is 5.97. The van der Waals surface area contributed by atoms with Gasteiger partial charge in [0.05, 0.1) is 37.8 Å². The largest absolute Gasteiger partial charge is 0.493 e. The monoisotopic (exact) mass is 463 g/mol. The van der Waals surface area contributed by atoms with E-state index in [1.54, 1.807) is 31.9 Å². The molecule has 0 aliphatic carbocycles. The Labute approximate surface area is 189 Å². The molecule has 0 aliphatic rings. The van der Waals surface area contributed by atoms with E-state index in [1.165, 1.54) is 24.3 Å². The molecule has 0 saturated heterocycles. The summed E-state index contributed by atoms with van der Waals surface area (Å²) in [5, 5.41) is 7.30. The van der Waals surface area contributed by atoms with Crippen LogP contribution in [0.5, 0.6) is 17.2 Å². The third-order valence-corrected chi connectivity index (χ3v) is 4.90. The fraction of sp³-hybridized carbons (Fsp3) is 0.304. The van der Waals surface area contributed by atoms with E-state index in [2.05, 4.69) is 10.4 Å². The molecule has 2 aromatic carbocycles. The lowest BCUT2D eigenvalue weighted by molar-refractivity contribution is -0.153. The van der Waals surface area contributed by atoms with Gasteiger partial charge in [-0.05, 0) is 49.7 Å². The summed E-state index contributed by atoms with van der Waals surface area (Å²) in [4.78, 5) is 12.7. The fourth-order valence-corrected chi connectivity index (χ4v) is 3.26. The number of carbonyl (C=O) groups excluding carboxylic acids is 1. The summed E-state index contributed by atoms with van der Waals surface area (Å²) in [5.41, 5.74) is 2.94. The van der Waals surface area contributed by atoms with Crippen molar-refractivity contribution in [2.24, 2.45) is 0 Å². The van der Waals surface area contributed by atoms with Gasteiger partial charge in [-0.3, -0.25) is 9.48 Å². The van der Waals surface area contributed by atoms with Crippen LogP contribution in [0.3, 0.4) is 0 Å². The summed E-state index contributed by atoms with van der Waals surface area (Å²) in [6.07, 6.45) is -4.46. The first-order chi connectivity index (χ1) is 15.6. The maximum Gasteiger partial charge on any atom is 0.422 e. The maximum atomic E-state index is 12.7. The summed E-state index contributed by atoms with van der Waals surface area (Å²) >= 11 is 0. The highest BCUT2D eigenvalue weighted by molar-refractivity contribution is 6.05. The van der Waals surface area contributed by atoms with Crippen molar-refractivity contribution in [2.75, 3.05) is 26.1 Å². The highest BCUT2D eigenvalue weighted by Crippen LogP contribution is 2.29. The molecule has 0 aliphatic heterocycles. The normalized spacial score (nSPS) is 11.2. The molecule has 3 rings (SSSR count). The number of methoxy groups -OCH3 is 2. The van der Waals surface area contributed by atoms with E-state index >= 15 is 0 Å². The Kier molecular flexibility index (Phi) is 7.15. The number of rotatable bonds is 8. The van der Waals surface area contributed by atoms with Crippen molar-refractivity contribution in [1.82, 2.24) is 9.78 Å². The molecule has 176 valence electrons. The number of hydrogen-bond donors (Lipinski definition) is 1. The number of hydrogen-bond acceptors (Lipinski definition) is 5. The standard InChI is InChI=1S/C23H24F3N3O4/c1-14-21(27-22(30)17-6-5-7-18(11-17)33-13-23(24,25)26)15(2)29(28-14)12-16-8-9-19(31-3)20(10-16)32-4/h5-11H,12-13H2,1-4H3,(H,27,30). The summed E-state index contributed by atoms with van der Waals surface area (Å²) in [6, 6.07) is 11.1. The van der Waals surface area contributed by atoms with E-state index in [9.17, 15) is 18.0 Å². The van der Waals surface area contributed by atoms with Crippen LogP contribution in [0.4, 0.5) is 18.9 Å². The number of halogens is 3. The molecule has 0 spiro atoms. The van der Waals surface area contributed by atoms with Gasteiger partial charge in [0.15, 0.2) is 18.1 Å². The molecule has 0 bridgehead atoms. The molecule has 1 N–H and O–H groups in total. The average molecular weight is 463 g/mol. The number of carbonyl (C=O) groups is 1. The van der Waals surface area contributed by atoms with Gasteiger partial charge < -0.3 is 19.5 Å². The van der Waals surface area contributed by atoms with Gasteiger partial charge in [-0.1, -0.05) is 12.1 Å². The van der Waals surface area contributed by atoms with E-state index in [1.807, 2.05) is 19.1 Å². The van der Waals surface area contributed by atoms with E-state index in [0.717, 1.165) is 11.3 Å². The number of aryl methyl sites for hydroxylation is 1. The zero-order valence-electron chi connectivity index (χ0n) is 18.6. The number of anilines is 1. The van der Waals surface area contributed by atoms with E-state index in [0.29, 0.717) is 29.4 Å². The summed E-state index contributed by atoms with van der Waals surface area (Å²) in [7, 11) is 3.12. The SMILES string of the molecule is COc1ccc(Cn2nc(C)c(NC(=O)c3cccc(OCC(F)(F)F)c3)c2C)cc1OC. The van der Waals surface area contributed by atoms with Crippen molar-refractivity contribution >= 4 is 11.6 Å². The molecule has 1 heterocycles. The molecule has 33 heavy (non-hydrogen) atoms. The van der Waals surface area contributed by atoms with Crippen molar-refractivity contribution in [3.63, 3.8) is 0 Å². The Morgan fingerprint density at radius 3 is 2.45 bits per heavy atom. The average Bonchev–Trinajstić information content (AvgIpc) is 3.04. The zero-order chi connectivity index (χ0) is 24.2. The summed E-state index contributed by atoms with van der Waals surface area (Å²) in [5.74, 6) is 0.684. The van der Waals surface area contributed by atoms with Crippen LogP contribution in [-0.2, 0) is 6.54 Å². The molecule has 3 aromatic rings. The van der Waals surface area contributed by atoms with Crippen LogP contribution in [0.25, 0.3) is 0 Å². The molecule has 1 aromatic heterocycles. The first-order valence-electron chi connectivity index (χ1n) is 9.97. The molecule has 10 heteroatoms. The van der Waals surface area contributed by atoms with Crippen LogP contribution in [0.2, 0.25) is 0 Å². The first kappa shape index (κ1) is 24.0. The minimum atomic E-state index is -4.46. The zero-order valence-corrected chi connectivity index (χ0v) is 18.6. The fourth-order valence-electron chi connectivity index (χ4n) is 3.26. The Bertz CT molecular complexity index is 1140. The van der Waals surface area contributed by atoms with Gasteiger partial charge in [-0.15, -0.1) is 0 Å². The smallest absolute Gasteiger partial charge is 0.422 e. The molecule has 7 nitrogen and oxygen atoms in total. The minimum Gasteiger partial charge on any atom is -0.493 e. The lowest BCUT2D eigenvalue weighted by Gasteiger charge is -2.11. The number of nitrogens with one attached hydrogen (secondary N) is 1. The quantitative estimate of drug-likeness (QED) is 0.522. The van der Waals surface area contributed by atoms with Crippen LogP contribution in [0, 0.1) is 13.8 Å². The van der Waals surface area contributed by atoms with Gasteiger partial charge in [0, 0.05) is 5.56 Å². The number of amides is 1. The van der Waals surface area contributed by atoms with E-state index in [4.69, 9.17) is 14.2 Å². The van der Waals surface area contributed by atoms with Crippen LogP contribution < -0.4 is 19.5 Å². The van der Waals surface area contributed by atoms with E-state index in [-0.39, 0.29) is 11.3 Å². The van der Waals surface area contributed by atoms with Gasteiger partial charge in [0.2, 0.25) is 0 Å². The molecule has 0 fully saturated rings. The third-order valence-electron chi connectivity index (χ3n) is 4.90. The van der Waals surface area contributed by atoms with Crippen molar-refractivity contribution in [1.29, 1.82) is 0 Å². The summed E-state index contributed by atoms with van der Waals surface area (Å²) < 4.78 is 54.2. The number of aromatic nitrogens is 2. The number of nitrogens with zero attached hydrogens (tertiary/aromatic N) is 2. The molecule has 1 amide bonds. The molecular weight excluding hydrogens is 439 g/mol. The Morgan fingerprint density at radius 2 is 1.79 bits per heavy atom. The molecular formula is C23H24F3N3O4. The molecule has 0 saturated carbocycles. The predicted octanol–water partition coefficient (Wildman–Crippen LogP) is 4.76.